The molecule has 38 heavy (non-hydrogen) atoms. The van der Waals surface area contributed by atoms with E-state index in [2.05, 4.69) is 0 Å². The summed E-state index contributed by atoms with van der Waals surface area (Å²) in [6, 6.07) is 20.4. The van der Waals surface area contributed by atoms with Crippen LogP contribution in [-0.4, -0.2) is 33.8 Å². The average Bonchev–Trinajstić information content (AvgIpc) is 3.32. The molecular weight excluding hydrogens is 513 g/mol. The van der Waals surface area contributed by atoms with E-state index in [-0.39, 0.29) is 18.1 Å². The monoisotopic (exact) mass is 536 g/mol. The average molecular weight is 537 g/mol. The van der Waals surface area contributed by atoms with Crippen molar-refractivity contribution in [3.05, 3.63) is 100 Å². The third-order valence-electron chi connectivity index (χ3n) is 6.38. The van der Waals surface area contributed by atoms with Crippen molar-refractivity contribution in [1.29, 1.82) is 0 Å². The number of imide groups is 1. The zero-order valence-electron chi connectivity index (χ0n) is 20.6. The molecule has 3 aromatic carbocycles. The lowest BCUT2D eigenvalue weighted by atomic mass is 10.1. The van der Waals surface area contributed by atoms with E-state index in [1.807, 2.05) is 42.5 Å². The smallest absolute Gasteiger partial charge is 0.416 e. The lowest BCUT2D eigenvalue weighted by Crippen LogP contribution is -2.32. The van der Waals surface area contributed by atoms with Crippen molar-refractivity contribution in [1.82, 2.24) is 9.47 Å². The molecule has 5 rings (SSSR count). The van der Waals surface area contributed by atoms with Crippen LogP contribution in [0.1, 0.15) is 22.5 Å². The third-order valence-corrected chi connectivity index (χ3v) is 7.29. The Labute approximate surface area is 221 Å². The first-order chi connectivity index (χ1) is 18.1. The number of aryl methyl sites for hydroxylation is 1. The van der Waals surface area contributed by atoms with Gasteiger partial charge in [-0.05, 0) is 73.0 Å². The van der Waals surface area contributed by atoms with Gasteiger partial charge in [0.05, 0.1) is 17.0 Å². The molecule has 2 heterocycles. The van der Waals surface area contributed by atoms with Crippen molar-refractivity contribution in [3.63, 3.8) is 0 Å². The summed E-state index contributed by atoms with van der Waals surface area (Å²) in [7, 11) is 0. The fourth-order valence-corrected chi connectivity index (χ4v) is 5.41. The second-order valence-electron chi connectivity index (χ2n) is 8.87. The van der Waals surface area contributed by atoms with Crippen molar-refractivity contribution in [2.45, 2.75) is 20.0 Å². The van der Waals surface area contributed by atoms with Gasteiger partial charge in [-0.1, -0.05) is 42.5 Å². The van der Waals surface area contributed by atoms with Gasteiger partial charge >= 0.3 is 6.18 Å². The number of thioether (sulfide) groups is 1. The van der Waals surface area contributed by atoms with Crippen LogP contribution in [0.15, 0.2) is 77.7 Å². The van der Waals surface area contributed by atoms with Crippen molar-refractivity contribution in [2.75, 3.05) is 13.2 Å². The number of halogens is 3. The zero-order chi connectivity index (χ0) is 27.0. The number of carbonyl (C=O) groups excluding carboxylic acids is 2. The van der Waals surface area contributed by atoms with E-state index < -0.39 is 22.9 Å². The Hall–Kier alpha value is -3.98. The summed E-state index contributed by atoms with van der Waals surface area (Å²) < 4.78 is 47.3. The summed E-state index contributed by atoms with van der Waals surface area (Å²) >= 11 is 0.836. The van der Waals surface area contributed by atoms with Crippen LogP contribution in [0.2, 0.25) is 0 Å². The highest BCUT2D eigenvalue weighted by Crippen LogP contribution is 2.35. The fourth-order valence-electron chi connectivity index (χ4n) is 4.55. The molecule has 1 aromatic heterocycles. The number of ether oxygens (including phenoxy) is 1. The van der Waals surface area contributed by atoms with E-state index in [1.165, 1.54) is 6.07 Å². The molecule has 9 heteroatoms. The fraction of sp³-hybridized carbons (Fsp3) is 0.172. The number of hydrogen-bond acceptors (Lipinski definition) is 4. The van der Waals surface area contributed by atoms with Gasteiger partial charge in [0.25, 0.3) is 11.1 Å². The van der Waals surface area contributed by atoms with Gasteiger partial charge < -0.3 is 9.30 Å². The molecule has 1 fully saturated rings. The van der Waals surface area contributed by atoms with Crippen molar-refractivity contribution < 1.29 is 27.5 Å². The van der Waals surface area contributed by atoms with Gasteiger partial charge in [-0.2, -0.15) is 13.2 Å². The first-order valence-electron chi connectivity index (χ1n) is 11.9. The highest BCUT2D eigenvalue weighted by atomic mass is 32.2. The summed E-state index contributed by atoms with van der Waals surface area (Å²) in [6.45, 7) is 3.78. The van der Waals surface area contributed by atoms with Crippen LogP contribution in [0.3, 0.4) is 0 Å². The van der Waals surface area contributed by atoms with Crippen LogP contribution in [0.25, 0.3) is 22.5 Å². The minimum Gasteiger partial charge on any atom is -0.491 e. The third kappa shape index (κ3) is 4.93. The molecular formula is C29H23F3N2O3S. The molecule has 0 spiro atoms. The zero-order valence-corrected chi connectivity index (χ0v) is 21.4. The largest absolute Gasteiger partial charge is 0.491 e. The molecule has 0 bridgehead atoms. The Morgan fingerprint density at radius 2 is 1.68 bits per heavy atom. The maximum absolute atomic E-state index is 13.2. The molecule has 4 aromatic rings. The predicted octanol–water partition coefficient (Wildman–Crippen LogP) is 7.38. The van der Waals surface area contributed by atoms with E-state index >= 15 is 0 Å². The number of carbonyl (C=O) groups is 2. The number of benzene rings is 3. The molecule has 0 aliphatic carbocycles. The van der Waals surface area contributed by atoms with Crippen LogP contribution in [0, 0.1) is 13.8 Å². The molecule has 0 radical (unpaired) electrons. The molecule has 2 amide bonds. The second-order valence-corrected chi connectivity index (χ2v) is 9.86. The first-order valence-corrected chi connectivity index (χ1v) is 12.7. The van der Waals surface area contributed by atoms with Gasteiger partial charge in [0.2, 0.25) is 0 Å². The normalized spacial score (nSPS) is 15.2. The lowest BCUT2D eigenvalue weighted by Gasteiger charge is -2.14. The first kappa shape index (κ1) is 25.7. The number of amides is 2. The second kappa shape index (κ2) is 10.1. The number of hydrogen-bond donors (Lipinski definition) is 0. The van der Waals surface area contributed by atoms with Crippen LogP contribution in [0.4, 0.5) is 18.0 Å². The maximum Gasteiger partial charge on any atom is 0.416 e. The number of fused-ring (bicyclic) bond motifs is 1. The van der Waals surface area contributed by atoms with E-state index in [1.54, 1.807) is 36.6 Å². The quantitative estimate of drug-likeness (QED) is 0.241. The van der Waals surface area contributed by atoms with Gasteiger partial charge in [-0.3, -0.25) is 14.5 Å². The minimum atomic E-state index is -4.45. The highest BCUT2D eigenvalue weighted by molar-refractivity contribution is 8.18. The van der Waals surface area contributed by atoms with Crippen LogP contribution in [-0.2, 0) is 11.0 Å². The lowest BCUT2D eigenvalue weighted by molar-refractivity contribution is -0.137. The number of aromatic nitrogens is 1. The topological polar surface area (TPSA) is 51.5 Å². The van der Waals surface area contributed by atoms with Crippen molar-refractivity contribution >= 4 is 39.8 Å². The number of alkyl halides is 3. The van der Waals surface area contributed by atoms with Gasteiger partial charge in [0, 0.05) is 22.5 Å². The van der Waals surface area contributed by atoms with E-state index in [4.69, 9.17) is 4.74 Å². The number of rotatable bonds is 6. The van der Waals surface area contributed by atoms with E-state index in [9.17, 15) is 22.8 Å². The van der Waals surface area contributed by atoms with Gasteiger partial charge in [0.1, 0.15) is 12.4 Å². The molecule has 194 valence electrons. The van der Waals surface area contributed by atoms with Gasteiger partial charge in [0.15, 0.2) is 0 Å². The SMILES string of the molecule is Cc1cc(/C=C2\SC(=O)N(CCOc3cccc4ccccc34)C2=O)c(C)n1-c1cccc(C(F)(F)F)c1. The van der Waals surface area contributed by atoms with E-state index in [0.717, 1.165) is 39.6 Å². The van der Waals surface area contributed by atoms with Gasteiger partial charge in [-0.15, -0.1) is 0 Å². The molecule has 0 atom stereocenters. The summed E-state index contributed by atoms with van der Waals surface area (Å²) in [5, 5.41) is 1.58. The highest BCUT2D eigenvalue weighted by Gasteiger charge is 2.35. The summed E-state index contributed by atoms with van der Waals surface area (Å²) in [5.74, 6) is 0.248. The van der Waals surface area contributed by atoms with Crippen LogP contribution >= 0.6 is 11.8 Å². The summed E-state index contributed by atoms with van der Waals surface area (Å²) in [6.07, 6.45) is -2.84. The molecule has 0 saturated carbocycles. The molecule has 1 saturated heterocycles. The molecule has 1 aliphatic rings. The Morgan fingerprint density at radius 1 is 0.947 bits per heavy atom. The summed E-state index contributed by atoms with van der Waals surface area (Å²) in [5.41, 5.74) is 1.64. The van der Waals surface area contributed by atoms with Gasteiger partial charge in [-0.25, -0.2) is 0 Å². The Morgan fingerprint density at radius 3 is 2.47 bits per heavy atom. The van der Waals surface area contributed by atoms with Crippen molar-refractivity contribution in [2.24, 2.45) is 0 Å². The Kier molecular flexibility index (Phi) is 6.79. The standard InChI is InChI=1S/C29H23F3N2O3S/c1-18-15-21(19(2)34(18)23-10-6-9-22(17-23)29(30,31)32)16-26-27(35)33(28(36)38-26)13-14-37-25-12-5-8-20-7-3-4-11-24(20)25/h3-12,15-17H,13-14H2,1-2H3/b26-16-. The molecule has 5 nitrogen and oxygen atoms in total. The maximum atomic E-state index is 13.2. The predicted molar refractivity (Wildman–Crippen MR) is 142 cm³/mol. The summed E-state index contributed by atoms with van der Waals surface area (Å²) in [4.78, 5) is 27.0. The minimum absolute atomic E-state index is 0.0918. The number of nitrogens with zero attached hydrogens (tertiary/aromatic N) is 2. The Balaban J connectivity index is 1.33. The molecule has 0 unspecified atom stereocenters. The molecule has 0 N–H and O–H groups in total. The van der Waals surface area contributed by atoms with E-state index in [0.29, 0.717) is 28.4 Å². The molecule has 1 aliphatic heterocycles. The van der Waals surface area contributed by atoms with Crippen LogP contribution < -0.4 is 4.74 Å². The van der Waals surface area contributed by atoms with Crippen molar-refractivity contribution in [3.8, 4) is 11.4 Å². The van der Waals surface area contributed by atoms with Crippen LogP contribution in [0.5, 0.6) is 5.75 Å². The Bertz CT molecular complexity index is 1580.